The van der Waals surface area contributed by atoms with Gasteiger partial charge < -0.3 is 19.9 Å². The summed E-state index contributed by atoms with van der Waals surface area (Å²) in [5.74, 6) is 1.53. The Morgan fingerprint density at radius 3 is 2.74 bits per heavy atom. The van der Waals surface area contributed by atoms with Gasteiger partial charge >= 0.3 is 0 Å². The SMILES string of the molecule is Cc1cc2c(Nc3ccccn3)c(C#N)cnc2cc1OCCCN1CCN(C)CC1. The predicted octanol–water partition coefficient (Wildman–Crippen LogP) is 3.57. The molecular formula is C24H28N6O. The molecule has 0 radical (unpaired) electrons. The van der Waals surface area contributed by atoms with E-state index < -0.39 is 0 Å². The number of fused-ring (bicyclic) bond motifs is 1. The fourth-order valence-corrected chi connectivity index (χ4v) is 3.81. The second kappa shape index (κ2) is 9.73. The van der Waals surface area contributed by atoms with Crippen LogP contribution < -0.4 is 10.1 Å². The van der Waals surface area contributed by atoms with Gasteiger partial charge in [-0.25, -0.2) is 4.98 Å². The van der Waals surface area contributed by atoms with Gasteiger partial charge in [-0.3, -0.25) is 4.98 Å². The van der Waals surface area contributed by atoms with Crippen LogP contribution in [0.15, 0.2) is 42.7 Å². The number of nitrogens with zero attached hydrogens (tertiary/aromatic N) is 5. The summed E-state index contributed by atoms with van der Waals surface area (Å²) in [4.78, 5) is 13.7. The highest BCUT2D eigenvalue weighted by atomic mass is 16.5. The summed E-state index contributed by atoms with van der Waals surface area (Å²) < 4.78 is 6.10. The Kier molecular flexibility index (Phi) is 6.60. The first-order chi connectivity index (χ1) is 15.1. The molecule has 0 spiro atoms. The average molecular weight is 417 g/mol. The highest BCUT2D eigenvalue weighted by Crippen LogP contribution is 2.32. The topological polar surface area (TPSA) is 77.3 Å². The van der Waals surface area contributed by atoms with Crippen molar-refractivity contribution in [2.75, 3.05) is 51.7 Å². The van der Waals surface area contributed by atoms with Gasteiger partial charge in [0.15, 0.2) is 0 Å². The first-order valence-corrected chi connectivity index (χ1v) is 10.7. The molecule has 1 saturated heterocycles. The third-order valence-electron chi connectivity index (χ3n) is 5.68. The number of aryl methyl sites for hydroxylation is 1. The molecule has 31 heavy (non-hydrogen) atoms. The molecular weight excluding hydrogens is 388 g/mol. The summed E-state index contributed by atoms with van der Waals surface area (Å²) in [6, 6.07) is 11.9. The van der Waals surface area contributed by atoms with Crippen molar-refractivity contribution in [3.8, 4) is 11.8 Å². The number of benzene rings is 1. The van der Waals surface area contributed by atoms with Crippen LogP contribution in [0.1, 0.15) is 17.5 Å². The smallest absolute Gasteiger partial charge is 0.130 e. The van der Waals surface area contributed by atoms with Crippen molar-refractivity contribution in [3.63, 3.8) is 0 Å². The number of hydrogen-bond donors (Lipinski definition) is 1. The molecule has 3 aromatic rings. The van der Waals surface area contributed by atoms with Gasteiger partial charge in [0.2, 0.25) is 0 Å². The van der Waals surface area contributed by atoms with Crippen molar-refractivity contribution in [1.29, 1.82) is 5.26 Å². The van der Waals surface area contributed by atoms with E-state index in [1.54, 1.807) is 12.4 Å². The molecule has 0 bridgehead atoms. The fraction of sp³-hybridized carbons (Fsp3) is 0.375. The molecule has 1 aliphatic heterocycles. The number of nitrogens with one attached hydrogen (secondary N) is 1. The Morgan fingerprint density at radius 1 is 1.16 bits per heavy atom. The summed E-state index contributed by atoms with van der Waals surface area (Å²) in [7, 11) is 2.17. The molecule has 1 aromatic carbocycles. The summed E-state index contributed by atoms with van der Waals surface area (Å²) in [5.41, 5.74) is 3.01. The van der Waals surface area contributed by atoms with Crippen LogP contribution in [0.2, 0.25) is 0 Å². The van der Waals surface area contributed by atoms with Crippen molar-refractivity contribution < 1.29 is 4.74 Å². The molecule has 1 aliphatic rings. The van der Waals surface area contributed by atoms with E-state index in [1.165, 1.54) is 0 Å². The minimum absolute atomic E-state index is 0.485. The lowest BCUT2D eigenvalue weighted by molar-refractivity contribution is 0.145. The van der Waals surface area contributed by atoms with Crippen LogP contribution in [0.25, 0.3) is 10.9 Å². The number of pyridine rings is 2. The van der Waals surface area contributed by atoms with Gasteiger partial charge in [0.05, 0.1) is 23.4 Å². The van der Waals surface area contributed by atoms with E-state index in [1.807, 2.05) is 37.3 Å². The second-order valence-electron chi connectivity index (χ2n) is 7.98. The number of piperazine rings is 1. The molecule has 3 heterocycles. The Labute approximate surface area is 183 Å². The van der Waals surface area contributed by atoms with E-state index >= 15 is 0 Å². The van der Waals surface area contributed by atoms with E-state index in [9.17, 15) is 5.26 Å². The summed E-state index contributed by atoms with van der Waals surface area (Å²) in [5, 5.41) is 13.7. The Bertz CT molecular complexity index is 1070. The molecule has 0 unspecified atom stereocenters. The zero-order valence-corrected chi connectivity index (χ0v) is 18.1. The van der Waals surface area contributed by atoms with Crippen LogP contribution in [0.5, 0.6) is 5.75 Å². The van der Waals surface area contributed by atoms with Crippen LogP contribution in [-0.4, -0.2) is 66.1 Å². The quantitative estimate of drug-likeness (QED) is 0.590. The summed E-state index contributed by atoms with van der Waals surface area (Å²) in [6.07, 6.45) is 4.31. The van der Waals surface area contributed by atoms with Gasteiger partial charge in [0.1, 0.15) is 17.6 Å². The van der Waals surface area contributed by atoms with E-state index in [0.717, 1.165) is 67.0 Å². The van der Waals surface area contributed by atoms with Crippen LogP contribution in [-0.2, 0) is 0 Å². The third-order valence-corrected chi connectivity index (χ3v) is 5.68. The molecule has 7 heteroatoms. The molecule has 1 fully saturated rings. The first-order valence-electron chi connectivity index (χ1n) is 10.7. The maximum atomic E-state index is 9.56. The monoisotopic (exact) mass is 416 g/mol. The Hall–Kier alpha value is -3.21. The number of likely N-dealkylation sites (N-methyl/N-ethyl adjacent to an activating group) is 1. The van der Waals surface area contributed by atoms with Gasteiger partial charge in [0, 0.05) is 56.6 Å². The van der Waals surface area contributed by atoms with Gasteiger partial charge in [-0.2, -0.15) is 5.26 Å². The molecule has 4 rings (SSSR count). The maximum absolute atomic E-state index is 9.56. The van der Waals surface area contributed by atoms with Crippen molar-refractivity contribution in [1.82, 2.24) is 19.8 Å². The molecule has 2 aromatic heterocycles. The van der Waals surface area contributed by atoms with Crippen molar-refractivity contribution in [2.45, 2.75) is 13.3 Å². The van der Waals surface area contributed by atoms with Gasteiger partial charge in [-0.05, 0) is 44.2 Å². The highest BCUT2D eigenvalue weighted by molar-refractivity contribution is 5.96. The van der Waals surface area contributed by atoms with Crippen molar-refractivity contribution >= 4 is 22.4 Å². The predicted molar refractivity (Wildman–Crippen MR) is 123 cm³/mol. The fourth-order valence-electron chi connectivity index (χ4n) is 3.81. The van der Waals surface area contributed by atoms with E-state index in [0.29, 0.717) is 18.0 Å². The van der Waals surface area contributed by atoms with Crippen LogP contribution >= 0.6 is 0 Å². The molecule has 0 saturated carbocycles. The normalized spacial score (nSPS) is 15.0. The van der Waals surface area contributed by atoms with E-state index in [-0.39, 0.29) is 0 Å². The van der Waals surface area contributed by atoms with Crippen LogP contribution in [0, 0.1) is 18.3 Å². The lowest BCUT2D eigenvalue weighted by Gasteiger charge is -2.32. The third kappa shape index (κ3) is 5.10. The van der Waals surface area contributed by atoms with Gasteiger partial charge in [-0.15, -0.1) is 0 Å². The largest absolute Gasteiger partial charge is 0.493 e. The maximum Gasteiger partial charge on any atom is 0.130 e. The number of rotatable bonds is 7. The zero-order chi connectivity index (χ0) is 21.6. The number of ether oxygens (including phenoxy) is 1. The lowest BCUT2D eigenvalue weighted by Crippen LogP contribution is -2.44. The number of nitriles is 1. The second-order valence-corrected chi connectivity index (χ2v) is 7.98. The highest BCUT2D eigenvalue weighted by Gasteiger charge is 2.14. The number of anilines is 2. The summed E-state index contributed by atoms with van der Waals surface area (Å²) in [6.45, 7) is 8.28. The molecule has 0 aliphatic carbocycles. The number of aromatic nitrogens is 2. The van der Waals surface area contributed by atoms with E-state index in [4.69, 9.17) is 4.74 Å². The summed E-state index contributed by atoms with van der Waals surface area (Å²) >= 11 is 0. The first kappa shape index (κ1) is 21.0. The Morgan fingerprint density at radius 2 is 2.00 bits per heavy atom. The average Bonchev–Trinajstić information content (AvgIpc) is 2.79. The van der Waals surface area contributed by atoms with Gasteiger partial charge in [-0.1, -0.05) is 6.07 Å². The van der Waals surface area contributed by atoms with Crippen molar-refractivity contribution in [3.05, 3.63) is 53.9 Å². The van der Waals surface area contributed by atoms with Gasteiger partial charge in [0.25, 0.3) is 0 Å². The van der Waals surface area contributed by atoms with E-state index in [2.05, 4.69) is 38.2 Å². The molecule has 1 N–H and O–H groups in total. The molecule has 0 atom stereocenters. The van der Waals surface area contributed by atoms with Crippen LogP contribution in [0.4, 0.5) is 11.5 Å². The minimum atomic E-state index is 0.485. The Balaban J connectivity index is 1.47. The number of hydrogen-bond acceptors (Lipinski definition) is 7. The standard InChI is InChI=1S/C24H28N6O/c1-18-14-20-21(15-22(18)31-13-5-8-30-11-9-29(2)10-12-30)27-17-19(16-25)24(20)28-23-6-3-4-7-26-23/h3-4,6-7,14-15,17H,5,8-13H2,1-2H3,(H,26,27,28). The zero-order valence-electron chi connectivity index (χ0n) is 18.1. The molecule has 160 valence electrons. The molecule has 7 nitrogen and oxygen atoms in total. The molecule has 0 amide bonds. The minimum Gasteiger partial charge on any atom is -0.493 e. The lowest BCUT2D eigenvalue weighted by atomic mass is 10.1. The van der Waals surface area contributed by atoms with Crippen molar-refractivity contribution in [2.24, 2.45) is 0 Å². The van der Waals surface area contributed by atoms with Crippen LogP contribution in [0.3, 0.4) is 0 Å².